The molecule has 2 N–H and O–H groups in total. The van der Waals surface area contributed by atoms with E-state index >= 15 is 0 Å². The fourth-order valence-electron chi connectivity index (χ4n) is 1.63. The van der Waals surface area contributed by atoms with Crippen molar-refractivity contribution in [2.24, 2.45) is 11.7 Å². The lowest BCUT2D eigenvalue weighted by molar-refractivity contribution is -0.150. The van der Waals surface area contributed by atoms with Crippen LogP contribution in [0.4, 0.5) is 13.2 Å². The summed E-state index contributed by atoms with van der Waals surface area (Å²) in [6.45, 7) is 3.03. The van der Waals surface area contributed by atoms with Gasteiger partial charge in [-0.15, -0.1) is 0 Å². The van der Waals surface area contributed by atoms with Crippen molar-refractivity contribution in [1.82, 2.24) is 4.90 Å². The van der Waals surface area contributed by atoms with Gasteiger partial charge in [0.1, 0.15) is 0 Å². The van der Waals surface area contributed by atoms with Crippen LogP contribution >= 0.6 is 0 Å². The van der Waals surface area contributed by atoms with E-state index in [4.69, 9.17) is 5.73 Å². The van der Waals surface area contributed by atoms with Crippen molar-refractivity contribution in [2.75, 3.05) is 13.1 Å². The SMILES string of the molecule is CC(C)N(CC(N)C1CC1)CC(F)(F)F. The molecule has 1 saturated carbocycles. The Balaban J connectivity index is 2.42. The first kappa shape index (κ1) is 12.8. The summed E-state index contributed by atoms with van der Waals surface area (Å²) >= 11 is 0. The molecule has 0 aromatic carbocycles. The molecule has 1 unspecified atom stereocenters. The second kappa shape index (κ2) is 4.70. The van der Waals surface area contributed by atoms with Crippen LogP contribution in [0, 0.1) is 5.92 Å². The minimum absolute atomic E-state index is 0.102. The molecule has 0 aromatic heterocycles. The Morgan fingerprint density at radius 1 is 1.33 bits per heavy atom. The van der Waals surface area contributed by atoms with E-state index < -0.39 is 12.7 Å². The topological polar surface area (TPSA) is 29.3 Å². The molecule has 0 amide bonds. The minimum atomic E-state index is -4.13. The zero-order chi connectivity index (χ0) is 11.6. The highest BCUT2D eigenvalue weighted by Crippen LogP contribution is 2.32. The molecule has 0 saturated heterocycles. The van der Waals surface area contributed by atoms with Gasteiger partial charge in [-0.3, -0.25) is 4.90 Å². The van der Waals surface area contributed by atoms with Crippen molar-refractivity contribution in [3.63, 3.8) is 0 Å². The van der Waals surface area contributed by atoms with Gasteiger partial charge in [0.25, 0.3) is 0 Å². The maximum Gasteiger partial charge on any atom is 0.401 e. The molecule has 1 aliphatic carbocycles. The summed E-state index contributed by atoms with van der Waals surface area (Å²) in [7, 11) is 0. The normalized spacial score (nSPS) is 20.0. The van der Waals surface area contributed by atoms with Gasteiger partial charge in [0.2, 0.25) is 0 Å². The average Bonchev–Trinajstić information content (AvgIpc) is 2.81. The molecule has 1 atom stereocenters. The molecule has 1 fully saturated rings. The second-order valence-corrected chi connectivity index (χ2v) is 4.64. The monoisotopic (exact) mass is 224 g/mol. The first-order valence-corrected chi connectivity index (χ1v) is 5.36. The largest absolute Gasteiger partial charge is 0.401 e. The Labute approximate surface area is 88.6 Å². The summed E-state index contributed by atoms with van der Waals surface area (Å²) in [6, 6.07) is -0.217. The molecule has 0 aliphatic heterocycles. The summed E-state index contributed by atoms with van der Waals surface area (Å²) in [5, 5.41) is 0. The maximum atomic E-state index is 12.3. The van der Waals surface area contributed by atoms with Gasteiger partial charge in [-0.05, 0) is 32.6 Å². The summed E-state index contributed by atoms with van der Waals surface area (Å²) in [5.41, 5.74) is 5.83. The molecule has 5 heteroatoms. The lowest BCUT2D eigenvalue weighted by atomic mass is 10.1. The van der Waals surface area contributed by atoms with Crippen molar-refractivity contribution in [1.29, 1.82) is 0 Å². The van der Waals surface area contributed by atoms with Crippen molar-refractivity contribution in [2.45, 2.75) is 44.9 Å². The number of hydrogen-bond donors (Lipinski definition) is 1. The molecule has 0 spiro atoms. The van der Waals surface area contributed by atoms with E-state index in [1.54, 1.807) is 13.8 Å². The summed E-state index contributed by atoms with van der Waals surface area (Å²) in [5.74, 6) is 0.444. The van der Waals surface area contributed by atoms with E-state index in [1.165, 1.54) is 4.90 Å². The molecule has 0 radical (unpaired) electrons. The van der Waals surface area contributed by atoms with E-state index in [-0.39, 0.29) is 12.1 Å². The number of nitrogens with zero attached hydrogens (tertiary/aromatic N) is 1. The summed E-state index contributed by atoms with van der Waals surface area (Å²) in [4.78, 5) is 1.41. The number of hydrogen-bond acceptors (Lipinski definition) is 2. The predicted molar refractivity (Wildman–Crippen MR) is 53.5 cm³/mol. The van der Waals surface area contributed by atoms with Gasteiger partial charge in [-0.1, -0.05) is 0 Å². The summed E-state index contributed by atoms with van der Waals surface area (Å²) in [6.07, 6.45) is -1.99. The van der Waals surface area contributed by atoms with Gasteiger partial charge >= 0.3 is 6.18 Å². The maximum absolute atomic E-state index is 12.3. The van der Waals surface area contributed by atoms with Gasteiger partial charge in [0, 0.05) is 18.6 Å². The quantitative estimate of drug-likeness (QED) is 0.774. The molecule has 1 rings (SSSR count). The van der Waals surface area contributed by atoms with E-state index in [9.17, 15) is 13.2 Å². The zero-order valence-corrected chi connectivity index (χ0v) is 9.22. The number of nitrogens with two attached hydrogens (primary N) is 1. The van der Waals surface area contributed by atoms with Crippen molar-refractivity contribution in [3.05, 3.63) is 0 Å². The standard InChI is InChI=1S/C10H19F3N2/c1-7(2)15(6-10(11,12)13)5-9(14)8-3-4-8/h7-9H,3-6,14H2,1-2H3. The third-order valence-corrected chi connectivity index (χ3v) is 2.79. The third kappa shape index (κ3) is 4.84. The van der Waals surface area contributed by atoms with Crippen LogP contribution in [0.15, 0.2) is 0 Å². The van der Waals surface area contributed by atoms with Crippen LogP contribution in [0.3, 0.4) is 0 Å². The van der Waals surface area contributed by atoms with E-state index in [1.807, 2.05) is 0 Å². The van der Waals surface area contributed by atoms with Crippen molar-refractivity contribution in [3.8, 4) is 0 Å². The fourth-order valence-corrected chi connectivity index (χ4v) is 1.63. The molecule has 90 valence electrons. The molecule has 0 bridgehead atoms. The van der Waals surface area contributed by atoms with Crippen molar-refractivity contribution < 1.29 is 13.2 Å². The highest BCUT2D eigenvalue weighted by atomic mass is 19.4. The summed E-state index contributed by atoms with van der Waals surface area (Å²) < 4.78 is 36.8. The average molecular weight is 224 g/mol. The first-order valence-electron chi connectivity index (χ1n) is 5.36. The Kier molecular flexibility index (Phi) is 4.00. The molecule has 2 nitrogen and oxygen atoms in total. The molecular formula is C10H19F3N2. The highest BCUT2D eigenvalue weighted by molar-refractivity contribution is 4.87. The molecular weight excluding hydrogens is 205 g/mol. The number of alkyl halides is 3. The van der Waals surface area contributed by atoms with Gasteiger partial charge in [-0.2, -0.15) is 13.2 Å². The molecule has 0 aromatic rings. The lowest BCUT2D eigenvalue weighted by Gasteiger charge is -2.29. The Hall–Kier alpha value is -0.290. The fraction of sp³-hybridized carbons (Fsp3) is 1.00. The van der Waals surface area contributed by atoms with Crippen LogP contribution in [0.1, 0.15) is 26.7 Å². The van der Waals surface area contributed by atoms with Gasteiger partial charge in [0.15, 0.2) is 0 Å². The molecule has 1 aliphatic rings. The van der Waals surface area contributed by atoms with Gasteiger partial charge < -0.3 is 5.73 Å². The van der Waals surface area contributed by atoms with Crippen LogP contribution in [-0.4, -0.2) is 36.2 Å². The highest BCUT2D eigenvalue weighted by Gasteiger charge is 2.35. The van der Waals surface area contributed by atoms with E-state index in [2.05, 4.69) is 0 Å². The second-order valence-electron chi connectivity index (χ2n) is 4.64. The van der Waals surface area contributed by atoms with Crippen LogP contribution in [0.5, 0.6) is 0 Å². The minimum Gasteiger partial charge on any atom is -0.326 e. The smallest absolute Gasteiger partial charge is 0.326 e. The first-order chi connectivity index (χ1) is 6.79. The van der Waals surface area contributed by atoms with Crippen LogP contribution < -0.4 is 5.73 Å². The van der Waals surface area contributed by atoms with E-state index in [0.717, 1.165) is 12.8 Å². The molecule has 0 heterocycles. The third-order valence-electron chi connectivity index (χ3n) is 2.79. The molecule has 15 heavy (non-hydrogen) atoms. The Morgan fingerprint density at radius 3 is 2.20 bits per heavy atom. The number of halogens is 3. The van der Waals surface area contributed by atoms with Crippen LogP contribution in [0.25, 0.3) is 0 Å². The van der Waals surface area contributed by atoms with Crippen molar-refractivity contribution >= 4 is 0 Å². The number of rotatable bonds is 5. The predicted octanol–water partition coefficient (Wildman–Crippen LogP) is 2.00. The van der Waals surface area contributed by atoms with Crippen LogP contribution in [0.2, 0.25) is 0 Å². The zero-order valence-electron chi connectivity index (χ0n) is 9.22. The lowest BCUT2D eigenvalue weighted by Crippen LogP contribution is -2.46. The van der Waals surface area contributed by atoms with Crippen LogP contribution in [-0.2, 0) is 0 Å². The Bertz CT molecular complexity index is 199. The Morgan fingerprint density at radius 2 is 1.87 bits per heavy atom. The van der Waals surface area contributed by atoms with Gasteiger partial charge in [-0.25, -0.2) is 0 Å². The van der Waals surface area contributed by atoms with Gasteiger partial charge in [0.05, 0.1) is 6.54 Å². The van der Waals surface area contributed by atoms with E-state index in [0.29, 0.717) is 12.5 Å².